The molecule has 0 bridgehead atoms. The van der Waals surface area contributed by atoms with E-state index in [4.69, 9.17) is 4.74 Å². The molecule has 1 aliphatic rings. The number of hydrogen-bond acceptors (Lipinski definition) is 6. The third-order valence-electron chi connectivity index (χ3n) is 3.56. The van der Waals surface area contributed by atoms with E-state index in [0.29, 0.717) is 30.2 Å². The predicted octanol–water partition coefficient (Wildman–Crippen LogP) is 1.92. The minimum atomic E-state index is 0.174. The zero-order valence-electron chi connectivity index (χ0n) is 11.7. The van der Waals surface area contributed by atoms with E-state index in [1.165, 1.54) is 0 Å². The van der Waals surface area contributed by atoms with Crippen molar-refractivity contribution >= 4 is 16.7 Å². The normalized spacial score (nSPS) is 15.0. The number of phenols is 1. The van der Waals surface area contributed by atoms with Gasteiger partial charge in [-0.3, -0.25) is 0 Å². The topological polar surface area (TPSA) is 96.8 Å². The first-order chi connectivity index (χ1) is 10.8. The fourth-order valence-corrected chi connectivity index (χ4v) is 2.49. The molecule has 2 aromatic heterocycles. The lowest BCUT2D eigenvalue weighted by Crippen LogP contribution is -2.06. The van der Waals surface area contributed by atoms with Crippen molar-refractivity contribution in [1.29, 1.82) is 0 Å². The monoisotopic (exact) mass is 295 g/mol. The van der Waals surface area contributed by atoms with Gasteiger partial charge in [-0.05, 0) is 24.1 Å². The maximum atomic E-state index is 9.65. The molecule has 2 N–H and O–H groups in total. The molecule has 0 spiro atoms. The number of fused-ring (bicyclic) bond motifs is 1. The summed E-state index contributed by atoms with van der Waals surface area (Å²) in [7, 11) is 0. The number of aromatic amines is 1. The molecule has 0 fully saturated rings. The fraction of sp³-hybridized carbons (Fsp3) is 0.200. The van der Waals surface area contributed by atoms with Gasteiger partial charge >= 0.3 is 0 Å². The molecular formula is C15H13N5O2. The predicted molar refractivity (Wildman–Crippen MR) is 80.0 cm³/mol. The van der Waals surface area contributed by atoms with Crippen LogP contribution in [0.25, 0.3) is 28.1 Å². The molecule has 0 unspecified atom stereocenters. The van der Waals surface area contributed by atoms with Gasteiger partial charge < -0.3 is 9.84 Å². The van der Waals surface area contributed by atoms with Crippen LogP contribution in [0.2, 0.25) is 0 Å². The van der Waals surface area contributed by atoms with Gasteiger partial charge in [-0.1, -0.05) is 18.2 Å². The highest BCUT2D eigenvalue weighted by atomic mass is 16.5. The molecule has 7 heteroatoms. The summed E-state index contributed by atoms with van der Waals surface area (Å²) in [6, 6.07) is 6.85. The second-order valence-electron chi connectivity index (χ2n) is 5.00. The zero-order valence-corrected chi connectivity index (χ0v) is 11.7. The summed E-state index contributed by atoms with van der Waals surface area (Å²) in [6.07, 6.45) is 2.78. The van der Waals surface area contributed by atoms with Crippen LogP contribution in [0.3, 0.4) is 0 Å². The standard InChI is InChI=1S/C15H13N5O2/c21-11-3-1-2-10(8-11)14-16-12(9-4-6-22-7-5-9)13-15(17-14)19-20-18-13/h1-4,8,21H,5-7H2,(H,16,17,18,19,20). The van der Waals surface area contributed by atoms with Crippen LogP contribution in [-0.4, -0.2) is 43.7 Å². The van der Waals surface area contributed by atoms with Crippen molar-refractivity contribution in [3.05, 3.63) is 36.0 Å². The van der Waals surface area contributed by atoms with Crippen LogP contribution in [0.5, 0.6) is 5.75 Å². The largest absolute Gasteiger partial charge is 0.508 e. The van der Waals surface area contributed by atoms with E-state index in [1.54, 1.807) is 18.2 Å². The van der Waals surface area contributed by atoms with Gasteiger partial charge in [0.25, 0.3) is 0 Å². The fourth-order valence-electron chi connectivity index (χ4n) is 2.49. The first-order valence-corrected chi connectivity index (χ1v) is 6.96. The van der Waals surface area contributed by atoms with E-state index in [1.807, 2.05) is 12.1 Å². The molecular weight excluding hydrogens is 282 g/mol. The molecule has 0 atom stereocenters. The Morgan fingerprint density at radius 1 is 1.18 bits per heavy atom. The van der Waals surface area contributed by atoms with Crippen LogP contribution in [0.15, 0.2) is 30.3 Å². The summed E-state index contributed by atoms with van der Waals surface area (Å²) in [5, 5.41) is 20.5. The van der Waals surface area contributed by atoms with Crippen molar-refractivity contribution < 1.29 is 9.84 Å². The van der Waals surface area contributed by atoms with Gasteiger partial charge in [0.2, 0.25) is 5.65 Å². The highest BCUT2D eigenvalue weighted by molar-refractivity contribution is 5.86. The Balaban J connectivity index is 1.92. The smallest absolute Gasteiger partial charge is 0.205 e. The minimum absolute atomic E-state index is 0.174. The Morgan fingerprint density at radius 2 is 2.14 bits per heavy atom. The lowest BCUT2D eigenvalue weighted by atomic mass is 10.1. The van der Waals surface area contributed by atoms with Crippen LogP contribution in [-0.2, 0) is 4.74 Å². The van der Waals surface area contributed by atoms with Crippen LogP contribution >= 0.6 is 0 Å². The number of H-pyrrole nitrogens is 1. The van der Waals surface area contributed by atoms with Crippen molar-refractivity contribution in [1.82, 2.24) is 25.4 Å². The average Bonchev–Trinajstić information content (AvgIpc) is 3.03. The van der Waals surface area contributed by atoms with Crippen LogP contribution in [0.4, 0.5) is 0 Å². The van der Waals surface area contributed by atoms with Crippen molar-refractivity contribution in [2.45, 2.75) is 6.42 Å². The Kier molecular flexibility index (Phi) is 3.05. The van der Waals surface area contributed by atoms with Gasteiger partial charge in [-0.15, -0.1) is 5.10 Å². The van der Waals surface area contributed by atoms with Crippen molar-refractivity contribution in [3.8, 4) is 17.1 Å². The number of nitrogens with one attached hydrogen (secondary N) is 1. The molecule has 3 heterocycles. The number of hydrogen-bond donors (Lipinski definition) is 2. The third-order valence-corrected chi connectivity index (χ3v) is 3.56. The molecule has 0 saturated heterocycles. The summed E-state index contributed by atoms with van der Waals surface area (Å²) >= 11 is 0. The second kappa shape index (κ2) is 5.19. The molecule has 0 saturated carbocycles. The highest BCUT2D eigenvalue weighted by Gasteiger charge is 2.17. The summed E-state index contributed by atoms with van der Waals surface area (Å²) in [5.41, 5.74) is 3.74. The van der Waals surface area contributed by atoms with Gasteiger partial charge in [-0.2, -0.15) is 10.3 Å². The quantitative estimate of drug-likeness (QED) is 0.749. The van der Waals surface area contributed by atoms with Crippen molar-refractivity contribution in [2.75, 3.05) is 13.2 Å². The van der Waals surface area contributed by atoms with Crippen LogP contribution < -0.4 is 0 Å². The van der Waals surface area contributed by atoms with E-state index in [2.05, 4.69) is 25.4 Å². The number of rotatable bonds is 2. The first kappa shape index (κ1) is 12.9. The Hall–Kier alpha value is -2.80. The molecule has 7 nitrogen and oxygen atoms in total. The lowest BCUT2D eigenvalue weighted by molar-refractivity contribution is 0.161. The first-order valence-electron chi connectivity index (χ1n) is 6.96. The van der Waals surface area contributed by atoms with E-state index in [9.17, 15) is 5.11 Å². The maximum Gasteiger partial charge on any atom is 0.205 e. The summed E-state index contributed by atoms with van der Waals surface area (Å²) < 4.78 is 5.35. The molecule has 0 aliphatic carbocycles. The number of phenolic OH excluding ortho intramolecular Hbond substituents is 1. The summed E-state index contributed by atoms with van der Waals surface area (Å²) in [6.45, 7) is 1.23. The number of ether oxygens (including phenoxy) is 1. The number of aromatic nitrogens is 5. The van der Waals surface area contributed by atoms with E-state index in [0.717, 1.165) is 23.3 Å². The minimum Gasteiger partial charge on any atom is -0.508 e. The maximum absolute atomic E-state index is 9.65. The van der Waals surface area contributed by atoms with Crippen LogP contribution in [0, 0.1) is 0 Å². The molecule has 110 valence electrons. The average molecular weight is 295 g/mol. The SMILES string of the molecule is Oc1cccc(-c2nc(C3=CCOCC3)c3n[nH]nc3n2)c1. The highest BCUT2D eigenvalue weighted by Crippen LogP contribution is 2.28. The second-order valence-corrected chi connectivity index (χ2v) is 5.00. The van der Waals surface area contributed by atoms with Gasteiger partial charge in [0.15, 0.2) is 11.3 Å². The zero-order chi connectivity index (χ0) is 14.9. The molecule has 1 aliphatic heterocycles. The van der Waals surface area contributed by atoms with Gasteiger partial charge in [0, 0.05) is 5.56 Å². The molecule has 0 amide bonds. The Bertz CT molecular complexity index is 871. The number of nitrogens with zero attached hydrogens (tertiary/aromatic N) is 4. The number of benzene rings is 1. The van der Waals surface area contributed by atoms with E-state index in [-0.39, 0.29) is 5.75 Å². The number of aromatic hydroxyl groups is 1. The Labute approximate surface area is 125 Å². The molecule has 0 radical (unpaired) electrons. The molecule has 22 heavy (non-hydrogen) atoms. The summed E-state index contributed by atoms with van der Waals surface area (Å²) in [4.78, 5) is 9.06. The lowest BCUT2D eigenvalue weighted by Gasteiger charge is -2.13. The van der Waals surface area contributed by atoms with Crippen molar-refractivity contribution in [3.63, 3.8) is 0 Å². The molecule has 4 rings (SSSR count). The van der Waals surface area contributed by atoms with Crippen molar-refractivity contribution in [2.24, 2.45) is 0 Å². The van der Waals surface area contributed by atoms with Crippen LogP contribution in [0.1, 0.15) is 12.1 Å². The van der Waals surface area contributed by atoms with E-state index < -0.39 is 0 Å². The van der Waals surface area contributed by atoms with Gasteiger partial charge in [-0.25, -0.2) is 9.97 Å². The van der Waals surface area contributed by atoms with Gasteiger partial charge in [0.1, 0.15) is 11.4 Å². The third kappa shape index (κ3) is 2.21. The summed E-state index contributed by atoms with van der Waals surface area (Å²) in [5.74, 6) is 0.688. The Morgan fingerprint density at radius 3 is 2.95 bits per heavy atom. The van der Waals surface area contributed by atoms with Gasteiger partial charge in [0.05, 0.1) is 13.2 Å². The molecule has 1 aromatic carbocycles. The molecule has 3 aromatic rings. The van der Waals surface area contributed by atoms with E-state index >= 15 is 0 Å².